The summed E-state index contributed by atoms with van der Waals surface area (Å²) in [5.41, 5.74) is 0. The van der Waals surface area contributed by atoms with E-state index >= 15 is 0 Å². The lowest BCUT2D eigenvalue weighted by Gasteiger charge is -2.07. The second-order valence-corrected chi connectivity index (χ2v) is 2.16. The predicted molar refractivity (Wildman–Crippen MR) is 26.4 cm³/mol. The average molecular weight is 207 g/mol. The Morgan fingerprint density at radius 1 is 1.56 bits per heavy atom. The number of carbonyl (C=O) groups is 1. The van der Waals surface area contributed by atoms with Crippen molar-refractivity contribution >= 4 is 21.9 Å². The van der Waals surface area contributed by atoms with E-state index in [0.29, 0.717) is 0 Å². The maximum absolute atomic E-state index is 11.3. The Kier molecular flexibility index (Phi) is 2.48. The van der Waals surface area contributed by atoms with Gasteiger partial charge in [0.05, 0.1) is 0 Å². The van der Waals surface area contributed by atoms with Gasteiger partial charge in [0.1, 0.15) is 0 Å². The van der Waals surface area contributed by atoms with Crippen molar-refractivity contribution < 1.29 is 23.1 Å². The molecule has 54 valence electrons. The molecule has 6 heteroatoms. The molecule has 0 fully saturated rings. The summed E-state index contributed by atoms with van der Waals surface area (Å²) >= 11 is 1.94. The minimum atomic E-state index is -4.70. The number of carboxylic acid groups (broad SMARTS) is 1. The topological polar surface area (TPSA) is 37.3 Å². The summed E-state index contributed by atoms with van der Waals surface area (Å²) < 4.78 is 33.8. The second-order valence-electron chi connectivity index (χ2n) is 1.24. The molecule has 0 aliphatic rings. The van der Waals surface area contributed by atoms with Gasteiger partial charge in [0.25, 0.3) is 0 Å². The van der Waals surface area contributed by atoms with Gasteiger partial charge in [0.15, 0.2) is 0 Å². The number of alkyl halides is 4. The molecule has 0 aromatic carbocycles. The van der Waals surface area contributed by atoms with E-state index in [1.165, 1.54) is 0 Å². The maximum Gasteiger partial charge on any atom is 0.411 e. The normalized spacial score (nSPS) is 15.1. The second kappa shape index (κ2) is 2.55. The number of carboxylic acids is 1. The molecule has 1 atom stereocenters. The average Bonchev–Trinajstić information content (AvgIpc) is 1.62. The van der Waals surface area contributed by atoms with Crippen LogP contribution in [0.3, 0.4) is 0 Å². The number of aliphatic carboxylic acids is 1. The molecule has 2 nitrogen and oxygen atoms in total. The zero-order valence-electron chi connectivity index (χ0n) is 3.94. The number of rotatable bonds is 1. The smallest absolute Gasteiger partial charge is 0.411 e. The summed E-state index contributed by atoms with van der Waals surface area (Å²) in [5.74, 6) is -1.93. The van der Waals surface area contributed by atoms with Crippen LogP contribution in [-0.2, 0) is 4.79 Å². The highest BCUT2D eigenvalue weighted by Crippen LogP contribution is 2.25. The summed E-state index contributed by atoms with van der Waals surface area (Å²) in [6.45, 7) is 0. The third-order valence-corrected chi connectivity index (χ3v) is 1.41. The molecule has 9 heavy (non-hydrogen) atoms. The van der Waals surface area contributed by atoms with Gasteiger partial charge in [0.2, 0.25) is 4.83 Å². The van der Waals surface area contributed by atoms with Gasteiger partial charge in [0, 0.05) is 0 Å². The molecule has 0 bridgehead atoms. The highest BCUT2D eigenvalue weighted by atomic mass is 79.9. The van der Waals surface area contributed by atoms with Gasteiger partial charge in [-0.05, 0) is 0 Å². The van der Waals surface area contributed by atoms with Crippen molar-refractivity contribution in [2.24, 2.45) is 0 Å². The van der Waals surface area contributed by atoms with Crippen LogP contribution in [0.1, 0.15) is 0 Å². The minimum Gasteiger partial charge on any atom is -0.480 e. The van der Waals surface area contributed by atoms with Crippen LogP contribution in [0.25, 0.3) is 0 Å². The van der Waals surface area contributed by atoms with Crippen LogP contribution in [0, 0.1) is 0 Å². The molecule has 0 heterocycles. The lowest BCUT2D eigenvalue weighted by molar-refractivity contribution is -0.161. The van der Waals surface area contributed by atoms with Gasteiger partial charge in [-0.2, -0.15) is 13.2 Å². The molecular weight excluding hydrogens is 205 g/mol. The maximum atomic E-state index is 11.3. The molecular formula is C3H2BrF3O2. The van der Waals surface area contributed by atoms with Crippen molar-refractivity contribution in [1.29, 1.82) is 0 Å². The third-order valence-electron chi connectivity index (χ3n) is 0.504. The standard InChI is InChI=1S/C3H2BrF3O2/c4-1(2(8)9)3(5,6)7/h1H,(H,8,9)/t1-/m1/s1. The fourth-order valence-corrected chi connectivity index (χ4v) is 0.140. The van der Waals surface area contributed by atoms with Crippen LogP contribution in [0.5, 0.6) is 0 Å². The predicted octanol–water partition coefficient (Wildman–Crippen LogP) is 1.40. The van der Waals surface area contributed by atoms with Crippen LogP contribution >= 0.6 is 15.9 Å². The molecule has 0 unspecified atom stereocenters. The fraction of sp³-hybridized carbons (Fsp3) is 0.667. The highest BCUT2D eigenvalue weighted by molar-refractivity contribution is 9.10. The molecule has 0 aromatic heterocycles. The molecule has 1 N–H and O–H groups in total. The van der Waals surface area contributed by atoms with Crippen LogP contribution in [0.4, 0.5) is 13.2 Å². The molecule has 0 aliphatic heterocycles. The van der Waals surface area contributed by atoms with Crippen LogP contribution < -0.4 is 0 Å². The number of hydrogen-bond donors (Lipinski definition) is 1. The van der Waals surface area contributed by atoms with Gasteiger partial charge >= 0.3 is 12.1 Å². The number of hydrogen-bond acceptors (Lipinski definition) is 1. The molecule has 0 saturated carbocycles. The van der Waals surface area contributed by atoms with Gasteiger partial charge in [-0.1, -0.05) is 15.9 Å². The SMILES string of the molecule is O=C(O)[C@@H](Br)C(F)(F)F. The van der Waals surface area contributed by atoms with Gasteiger partial charge in [-0.25, -0.2) is 0 Å². The summed E-state index contributed by atoms with van der Waals surface area (Å²) in [7, 11) is 0. The van der Waals surface area contributed by atoms with Gasteiger partial charge in [-0.15, -0.1) is 0 Å². The Morgan fingerprint density at radius 3 is 1.89 bits per heavy atom. The first-order valence-electron chi connectivity index (χ1n) is 1.79. The van der Waals surface area contributed by atoms with E-state index in [-0.39, 0.29) is 0 Å². The minimum absolute atomic E-state index is 1.93. The molecule has 0 aromatic rings. The summed E-state index contributed by atoms with van der Waals surface area (Å²) in [4.78, 5) is 7.13. The molecule has 0 amide bonds. The monoisotopic (exact) mass is 206 g/mol. The summed E-state index contributed by atoms with van der Waals surface area (Å²) in [6.07, 6.45) is -4.70. The first-order chi connectivity index (χ1) is 3.85. The van der Waals surface area contributed by atoms with E-state index in [0.717, 1.165) is 0 Å². The Balaban J connectivity index is 4.04. The van der Waals surface area contributed by atoms with Crippen LogP contribution in [-0.4, -0.2) is 22.1 Å². The Hall–Kier alpha value is -0.260. The van der Waals surface area contributed by atoms with Gasteiger partial charge in [-0.3, -0.25) is 4.79 Å². The Bertz CT molecular complexity index is 121. The van der Waals surface area contributed by atoms with Gasteiger partial charge < -0.3 is 5.11 Å². The lowest BCUT2D eigenvalue weighted by Crippen LogP contribution is -2.30. The van der Waals surface area contributed by atoms with E-state index in [1.807, 2.05) is 15.9 Å². The number of halogens is 4. The summed E-state index contributed by atoms with van der Waals surface area (Å²) in [5, 5.41) is 7.75. The lowest BCUT2D eigenvalue weighted by atomic mass is 10.4. The van der Waals surface area contributed by atoms with Crippen LogP contribution in [0.15, 0.2) is 0 Å². The van der Waals surface area contributed by atoms with E-state index in [2.05, 4.69) is 0 Å². The first-order valence-corrected chi connectivity index (χ1v) is 2.71. The highest BCUT2D eigenvalue weighted by Gasteiger charge is 2.43. The molecule has 0 radical (unpaired) electrons. The zero-order chi connectivity index (χ0) is 7.65. The van der Waals surface area contributed by atoms with Crippen molar-refractivity contribution in [2.75, 3.05) is 0 Å². The molecule has 0 saturated heterocycles. The molecule has 0 rings (SSSR count). The van der Waals surface area contributed by atoms with E-state index in [9.17, 15) is 18.0 Å². The quantitative estimate of drug-likeness (QED) is 0.659. The summed E-state index contributed by atoms with van der Waals surface area (Å²) in [6, 6.07) is 0. The van der Waals surface area contributed by atoms with Crippen LogP contribution in [0.2, 0.25) is 0 Å². The largest absolute Gasteiger partial charge is 0.480 e. The van der Waals surface area contributed by atoms with E-state index in [4.69, 9.17) is 5.11 Å². The van der Waals surface area contributed by atoms with Crippen molar-refractivity contribution in [2.45, 2.75) is 11.0 Å². The van der Waals surface area contributed by atoms with E-state index < -0.39 is 17.0 Å². The zero-order valence-corrected chi connectivity index (χ0v) is 5.53. The first kappa shape index (κ1) is 8.74. The van der Waals surface area contributed by atoms with Crippen molar-refractivity contribution in [1.82, 2.24) is 0 Å². The van der Waals surface area contributed by atoms with Crippen molar-refractivity contribution in [3.63, 3.8) is 0 Å². The molecule has 0 aliphatic carbocycles. The Labute approximate surface area is 56.8 Å². The third kappa shape index (κ3) is 2.69. The fourth-order valence-electron chi connectivity index (χ4n) is 0.140. The molecule has 0 spiro atoms. The van der Waals surface area contributed by atoms with Crippen molar-refractivity contribution in [3.8, 4) is 0 Å². The Morgan fingerprint density at radius 2 is 1.89 bits per heavy atom. The van der Waals surface area contributed by atoms with Crippen molar-refractivity contribution in [3.05, 3.63) is 0 Å². The van der Waals surface area contributed by atoms with E-state index in [1.54, 1.807) is 0 Å².